The molecule has 0 bridgehead atoms. The number of nitrogens with one attached hydrogen (secondary N) is 1. The van der Waals surface area contributed by atoms with E-state index in [-0.39, 0.29) is 12.4 Å². The average molecular weight is 335 g/mol. The molecule has 2 rings (SSSR count). The zero-order chi connectivity index (χ0) is 17.1. The fourth-order valence-corrected chi connectivity index (χ4v) is 3.36. The topological polar surface area (TPSA) is 73.2 Å². The van der Waals surface area contributed by atoms with Gasteiger partial charge < -0.3 is 14.6 Å². The minimum atomic E-state index is -0.529. The number of rotatable bonds is 6. The van der Waals surface area contributed by atoms with Gasteiger partial charge in [-0.1, -0.05) is 0 Å². The van der Waals surface area contributed by atoms with Crippen LogP contribution >= 0.6 is 11.5 Å². The molecule has 2 heterocycles. The van der Waals surface area contributed by atoms with E-state index in [2.05, 4.69) is 14.3 Å². The Morgan fingerprint density at radius 2 is 2.04 bits per heavy atom. The van der Waals surface area contributed by atoms with Crippen molar-refractivity contribution in [3.8, 4) is 0 Å². The van der Waals surface area contributed by atoms with E-state index in [0.717, 1.165) is 17.9 Å². The highest BCUT2D eigenvalue weighted by molar-refractivity contribution is 7.10. The maximum atomic E-state index is 12.3. The Labute approximate surface area is 139 Å². The van der Waals surface area contributed by atoms with E-state index in [0.29, 0.717) is 21.8 Å². The monoisotopic (exact) mass is 335 g/mol. The molecule has 6 nitrogen and oxygen atoms in total. The fraction of sp³-hybridized carbons (Fsp3) is 0.438. The lowest BCUT2D eigenvalue weighted by Crippen LogP contribution is -2.16. The highest BCUT2D eigenvalue weighted by atomic mass is 32.1. The van der Waals surface area contributed by atoms with Gasteiger partial charge >= 0.3 is 5.97 Å². The molecule has 0 aliphatic carbocycles. The molecule has 124 valence electrons. The summed E-state index contributed by atoms with van der Waals surface area (Å²) in [6.45, 7) is 8.16. The largest absolute Gasteiger partial charge is 0.454 e. The van der Waals surface area contributed by atoms with Crippen LogP contribution in [0.15, 0.2) is 6.07 Å². The maximum absolute atomic E-state index is 12.3. The van der Waals surface area contributed by atoms with E-state index < -0.39 is 5.97 Å². The summed E-state index contributed by atoms with van der Waals surface area (Å²) in [5.41, 5.74) is 3.52. The molecule has 0 atom stereocenters. The van der Waals surface area contributed by atoms with E-state index >= 15 is 0 Å². The summed E-state index contributed by atoms with van der Waals surface area (Å²) in [6.07, 6.45) is 0. The lowest BCUT2D eigenvalue weighted by Gasteiger charge is -2.07. The number of Topliss-reactive ketones (excluding diaryl/α,β-unsaturated/α-hetero) is 1. The number of aryl methyl sites for hydroxylation is 2. The van der Waals surface area contributed by atoms with Gasteiger partial charge in [0.15, 0.2) is 6.61 Å². The number of hydrogen-bond acceptors (Lipinski definition) is 6. The minimum Gasteiger partial charge on any atom is -0.454 e. The Morgan fingerprint density at radius 3 is 2.61 bits per heavy atom. The van der Waals surface area contributed by atoms with Crippen LogP contribution in [-0.2, 0) is 11.3 Å². The lowest BCUT2D eigenvalue weighted by molar-refractivity contribution is 0.0475. The van der Waals surface area contributed by atoms with Crippen molar-refractivity contribution in [3.05, 3.63) is 34.3 Å². The SMILES string of the molecule is CCn1c(C)cc(C(=O)COC(=O)c2c(C)nsc2NC)c1C. The molecule has 2 aromatic rings. The zero-order valence-corrected chi connectivity index (χ0v) is 14.8. The van der Waals surface area contributed by atoms with Gasteiger partial charge in [0.25, 0.3) is 0 Å². The third kappa shape index (κ3) is 3.29. The summed E-state index contributed by atoms with van der Waals surface area (Å²) >= 11 is 1.20. The summed E-state index contributed by atoms with van der Waals surface area (Å²) < 4.78 is 11.4. The first kappa shape index (κ1) is 17.2. The smallest absolute Gasteiger partial charge is 0.343 e. The number of nitrogens with zero attached hydrogens (tertiary/aromatic N) is 2. The van der Waals surface area contributed by atoms with Gasteiger partial charge in [0.2, 0.25) is 5.78 Å². The van der Waals surface area contributed by atoms with E-state index in [1.165, 1.54) is 11.5 Å². The van der Waals surface area contributed by atoms with Crippen molar-refractivity contribution >= 4 is 28.3 Å². The zero-order valence-electron chi connectivity index (χ0n) is 14.0. The van der Waals surface area contributed by atoms with E-state index in [1.54, 1.807) is 14.0 Å². The van der Waals surface area contributed by atoms with Crippen LogP contribution in [0.3, 0.4) is 0 Å². The quantitative estimate of drug-likeness (QED) is 0.649. The van der Waals surface area contributed by atoms with Crippen molar-refractivity contribution < 1.29 is 14.3 Å². The van der Waals surface area contributed by atoms with Gasteiger partial charge in [-0.05, 0) is 45.3 Å². The molecule has 0 saturated heterocycles. The number of aromatic nitrogens is 2. The minimum absolute atomic E-state index is 0.196. The van der Waals surface area contributed by atoms with Crippen molar-refractivity contribution in [1.82, 2.24) is 8.94 Å². The van der Waals surface area contributed by atoms with Crippen LogP contribution in [-0.4, -0.2) is 34.3 Å². The van der Waals surface area contributed by atoms with Crippen molar-refractivity contribution in [1.29, 1.82) is 0 Å². The van der Waals surface area contributed by atoms with Crippen molar-refractivity contribution in [3.63, 3.8) is 0 Å². The first-order chi connectivity index (χ1) is 10.9. The fourth-order valence-electron chi connectivity index (χ4n) is 2.63. The Bertz CT molecular complexity index is 746. The Kier molecular flexibility index (Phi) is 5.20. The normalized spacial score (nSPS) is 10.7. The van der Waals surface area contributed by atoms with Crippen LogP contribution in [0.4, 0.5) is 5.00 Å². The van der Waals surface area contributed by atoms with Gasteiger partial charge in [-0.2, -0.15) is 4.37 Å². The Hall–Kier alpha value is -2.15. The molecule has 23 heavy (non-hydrogen) atoms. The van der Waals surface area contributed by atoms with Crippen LogP contribution in [0.25, 0.3) is 0 Å². The van der Waals surface area contributed by atoms with Crippen molar-refractivity contribution in [2.24, 2.45) is 0 Å². The summed E-state index contributed by atoms with van der Waals surface area (Å²) in [6, 6.07) is 1.84. The molecular formula is C16H21N3O3S. The first-order valence-corrected chi connectivity index (χ1v) is 8.19. The molecule has 7 heteroatoms. The van der Waals surface area contributed by atoms with Gasteiger partial charge in [-0.15, -0.1) is 0 Å². The predicted octanol–water partition coefficient (Wildman–Crippen LogP) is 2.97. The molecule has 0 aliphatic heterocycles. The second-order valence-corrected chi connectivity index (χ2v) is 6.02. The molecular weight excluding hydrogens is 314 g/mol. The summed E-state index contributed by atoms with van der Waals surface area (Å²) in [4.78, 5) is 24.5. The van der Waals surface area contributed by atoms with E-state index in [4.69, 9.17) is 4.74 Å². The third-order valence-corrected chi connectivity index (χ3v) is 4.77. The van der Waals surface area contributed by atoms with Crippen LogP contribution in [0, 0.1) is 20.8 Å². The summed E-state index contributed by atoms with van der Waals surface area (Å²) in [5.74, 6) is -0.726. The second kappa shape index (κ2) is 6.95. The van der Waals surface area contributed by atoms with Gasteiger partial charge in [0, 0.05) is 30.5 Å². The molecule has 0 spiro atoms. The first-order valence-electron chi connectivity index (χ1n) is 7.41. The standard InChI is InChI=1S/C16H21N3O3S/c1-6-19-9(2)7-12(11(19)4)13(20)8-22-16(21)14-10(3)18-23-15(14)17-5/h7,17H,6,8H2,1-5H3. The van der Waals surface area contributed by atoms with Crippen LogP contribution in [0.5, 0.6) is 0 Å². The van der Waals surface area contributed by atoms with Gasteiger partial charge in [0.05, 0.1) is 5.69 Å². The third-order valence-electron chi connectivity index (χ3n) is 3.82. The molecule has 2 aromatic heterocycles. The number of ether oxygens (including phenoxy) is 1. The number of esters is 1. The molecule has 1 N–H and O–H groups in total. The highest BCUT2D eigenvalue weighted by Crippen LogP contribution is 2.24. The molecule has 0 radical (unpaired) electrons. The number of carbonyl (C=O) groups is 2. The Balaban J connectivity index is 2.10. The molecule has 0 aliphatic rings. The molecule has 0 fully saturated rings. The van der Waals surface area contributed by atoms with E-state index in [1.807, 2.05) is 26.8 Å². The van der Waals surface area contributed by atoms with Gasteiger partial charge in [-0.3, -0.25) is 4.79 Å². The van der Waals surface area contributed by atoms with Gasteiger partial charge in [0.1, 0.15) is 10.6 Å². The second-order valence-electron chi connectivity index (χ2n) is 5.25. The predicted molar refractivity (Wildman–Crippen MR) is 90.6 cm³/mol. The van der Waals surface area contributed by atoms with Crippen LogP contribution < -0.4 is 5.32 Å². The number of carbonyl (C=O) groups excluding carboxylic acids is 2. The number of hydrogen-bond donors (Lipinski definition) is 1. The average Bonchev–Trinajstić information content (AvgIpc) is 3.04. The summed E-state index contributed by atoms with van der Waals surface area (Å²) in [7, 11) is 1.72. The highest BCUT2D eigenvalue weighted by Gasteiger charge is 2.21. The maximum Gasteiger partial charge on any atom is 0.343 e. The van der Waals surface area contributed by atoms with Crippen LogP contribution in [0.2, 0.25) is 0 Å². The number of anilines is 1. The summed E-state index contributed by atoms with van der Waals surface area (Å²) in [5, 5.41) is 3.55. The number of ketones is 1. The Morgan fingerprint density at radius 1 is 1.35 bits per heavy atom. The van der Waals surface area contributed by atoms with E-state index in [9.17, 15) is 9.59 Å². The molecule has 0 saturated carbocycles. The van der Waals surface area contributed by atoms with Crippen LogP contribution in [0.1, 0.15) is 44.7 Å². The van der Waals surface area contributed by atoms with Crippen molar-refractivity contribution in [2.75, 3.05) is 19.0 Å². The molecule has 0 aromatic carbocycles. The molecule has 0 amide bonds. The molecule has 0 unspecified atom stereocenters. The van der Waals surface area contributed by atoms with Gasteiger partial charge in [-0.25, -0.2) is 4.79 Å². The van der Waals surface area contributed by atoms with Crippen molar-refractivity contribution in [2.45, 2.75) is 34.2 Å². The lowest BCUT2D eigenvalue weighted by atomic mass is 10.1.